The van der Waals surface area contributed by atoms with Gasteiger partial charge in [0.05, 0.1) is 27.7 Å². The maximum Gasteiger partial charge on any atom is 0.243 e. The normalized spacial score (nSPS) is 11.3. The molecule has 66 valence electrons. The Morgan fingerprint density at radius 2 is 2.00 bits per heavy atom. The van der Waals surface area contributed by atoms with Gasteiger partial charge in [-0.1, -0.05) is 0 Å². The zero-order valence-electron chi connectivity index (χ0n) is 7.42. The molecule has 4 heteroatoms. The van der Waals surface area contributed by atoms with E-state index < -0.39 is 0 Å². The second-order valence-electron chi connectivity index (χ2n) is 3.65. The molecule has 0 aliphatic carbocycles. The predicted molar refractivity (Wildman–Crippen MR) is 42.1 cm³/mol. The Balaban J connectivity index is 3.35. The van der Waals surface area contributed by atoms with Gasteiger partial charge in [0.1, 0.15) is 0 Å². The third-order valence-corrected chi connectivity index (χ3v) is 1.36. The van der Waals surface area contributed by atoms with Crippen LogP contribution in [-0.2, 0) is 4.79 Å². The molecule has 11 heavy (non-hydrogen) atoms. The minimum atomic E-state index is -0.307. The molecule has 0 heterocycles. The van der Waals surface area contributed by atoms with E-state index in [2.05, 4.69) is 21.1 Å². The first-order valence-electron chi connectivity index (χ1n) is 3.69. The van der Waals surface area contributed by atoms with Gasteiger partial charge in [0.15, 0.2) is 0 Å². The van der Waals surface area contributed by atoms with Crippen molar-refractivity contribution >= 4 is 5.91 Å². The Labute approximate surface area is 67.4 Å². The molecule has 0 atom stereocenters. The van der Waals surface area contributed by atoms with Crippen molar-refractivity contribution in [3.8, 4) is 0 Å². The highest BCUT2D eigenvalue weighted by Gasteiger charge is 2.07. The maximum absolute atomic E-state index is 10.5. The minimum absolute atomic E-state index is 0.307. The summed E-state index contributed by atoms with van der Waals surface area (Å²) < 4.78 is 0.846. The number of carbonyl (C=O) groups is 1. The lowest BCUT2D eigenvalue weighted by Crippen LogP contribution is -2.35. The van der Waals surface area contributed by atoms with Crippen molar-refractivity contribution in [2.45, 2.75) is 12.8 Å². The SMILES string of the molecule is C[N+](C)(C)CCCC(=O)NO. The summed E-state index contributed by atoms with van der Waals surface area (Å²) in [4.78, 5) is 10.5. The van der Waals surface area contributed by atoms with Crippen LogP contribution in [0.1, 0.15) is 12.8 Å². The topological polar surface area (TPSA) is 49.3 Å². The van der Waals surface area contributed by atoms with E-state index in [9.17, 15) is 4.79 Å². The molecular weight excluding hydrogens is 144 g/mol. The van der Waals surface area contributed by atoms with Crippen molar-refractivity contribution in [1.29, 1.82) is 0 Å². The number of rotatable bonds is 4. The van der Waals surface area contributed by atoms with E-state index in [0.717, 1.165) is 17.4 Å². The second-order valence-corrected chi connectivity index (χ2v) is 3.65. The van der Waals surface area contributed by atoms with Crippen LogP contribution in [0, 0.1) is 0 Å². The van der Waals surface area contributed by atoms with Crippen molar-refractivity contribution in [2.75, 3.05) is 27.7 Å². The molecule has 0 bridgehead atoms. The van der Waals surface area contributed by atoms with Crippen LogP contribution < -0.4 is 5.48 Å². The summed E-state index contributed by atoms with van der Waals surface area (Å²) in [7, 11) is 6.20. The van der Waals surface area contributed by atoms with Crippen molar-refractivity contribution in [1.82, 2.24) is 5.48 Å². The van der Waals surface area contributed by atoms with Crippen molar-refractivity contribution in [2.24, 2.45) is 0 Å². The highest BCUT2D eigenvalue weighted by atomic mass is 16.5. The van der Waals surface area contributed by atoms with Crippen molar-refractivity contribution in [3.05, 3.63) is 0 Å². The second kappa shape index (κ2) is 4.31. The highest BCUT2D eigenvalue weighted by Crippen LogP contribution is 1.96. The van der Waals surface area contributed by atoms with Crippen LogP contribution >= 0.6 is 0 Å². The fourth-order valence-corrected chi connectivity index (χ4v) is 0.770. The Bertz CT molecular complexity index is 129. The number of hydroxylamine groups is 1. The van der Waals surface area contributed by atoms with Gasteiger partial charge in [0, 0.05) is 12.8 Å². The molecular formula is C7H17N2O2+. The predicted octanol–water partition coefficient (Wildman–Crippen LogP) is -0.0218. The molecule has 0 aromatic heterocycles. The zero-order valence-corrected chi connectivity index (χ0v) is 7.42. The van der Waals surface area contributed by atoms with Crippen LogP contribution in [0.5, 0.6) is 0 Å². The highest BCUT2D eigenvalue weighted by molar-refractivity contribution is 5.74. The van der Waals surface area contributed by atoms with Gasteiger partial charge >= 0.3 is 0 Å². The van der Waals surface area contributed by atoms with E-state index in [0.29, 0.717) is 6.42 Å². The fourth-order valence-electron chi connectivity index (χ4n) is 0.770. The molecule has 0 aromatic carbocycles. The van der Waals surface area contributed by atoms with E-state index in [1.54, 1.807) is 5.48 Å². The standard InChI is InChI=1S/C7H16N2O2/c1-9(2,3)6-4-5-7(10)8-11/h4-6H2,1-3H3,(H-,8,10,11)/p+1. The van der Waals surface area contributed by atoms with Gasteiger partial charge in [-0.15, -0.1) is 0 Å². The molecule has 2 N–H and O–H groups in total. The smallest absolute Gasteiger partial charge is 0.243 e. The van der Waals surface area contributed by atoms with E-state index in [-0.39, 0.29) is 5.91 Å². The molecule has 0 saturated heterocycles. The molecule has 1 amide bonds. The van der Waals surface area contributed by atoms with E-state index in [1.165, 1.54) is 0 Å². The first-order valence-corrected chi connectivity index (χ1v) is 3.69. The third-order valence-electron chi connectivity index (χ3n) is 1.36. The van der Waals surface area contributed by atoms with E-state index in [4.69, 9.17) is 5.21 Å². The molecule has 0 rings (SSSR count). The summed E-state index contributed by atoms with van der Waals surface area (Å²) in [5.41, 5.74) is 1.61. The van der Waals surface area contributed by atoms with Crippen LogP contribution in [0.3, 0.4) is 0 Å². The van der Waals surface area contributed by atoms with Gasteiger partial charge in [-0.05, 0) is 0 Å². The molecule has 0 spiro atoms. The van der Waals surface area contributed by atoms with Crippen LogP contribution in [-0.4, -0.2) is 43.3 Å². The minimum Gasteiger partial charge on any atom is -0.331 e. The van der Waals surface area contributed by atoms with Gasteiger partial charge in [-0.2, -0.15) is 0 Å². The number of carbonyl (C=O) groups excluding carboxylic acids is 1. The number of nitrogens with one attached hydrogen (secondary N) is 1. The van der Waals surface area contributed by atoms with E-state index >= 15 is 0 Å². The lowest BCUT2D eigenvalue weighted by atomic mass is 10.3. The maximum atomic E-state index is 10.5. The Kier molecular flexibility index (Phi) is 4.07. The van der Waals surface area contributed by atoms with Crippen LogP contribution in [0.2, 0.25) is 0 Å². The van der Waals surface area contributed by atoms with Crippen molar-refractivity contribution in [3.63, 3.8) is 0 Å². The largest absolute Gasteiger partial charge is 0.331 e. The Morgan fingerprint density at radius 3 is 2.36 bits per heavy atom. The summed E-state index contributed by atoms with van der Waals surface area (Å²) in [6, 6.07) is 0. The van der Waals surface area contributed by atoms with Crippen LogP contribution in [0.15, 0.2) is 0 Å². The molecule has 0 aliphatic heterocycles. The number of amides is 1. The lowest BCUT2D eigenvalue weighted by molar-refractivity contribution is -0.870. The number of quaternary nitrogens is 1. The average molecular weight is 161 g/mol. The molecule has 0 aromatic rings. The Morgan fingerprint density at radius 1 is 1.45 bits per heavy atom. The summed E-state index contributed by atoms with van der Waals surface area (Å²) >= 11 is 0. The Hall–Kier alpha value is -0.610. The fraction of sp³-hybridized carbons (Fsp3) is 0.857. The van der Waals surface area contributed by atoms with Crippen LogP contribution in [0.4, 0.5) is 0 Å². The molecule has 0 aliphatic rings. The first kappa shape index (κ1) is 10.4. The third kappa shape index (κ3) is 7.29. The van der Waals surface area contributed by atoms with Gasteiger partial charge < -0.3 is 4.48 Å². The van der Waals surface area contributed by atoms with Gasteiger partial charge in [-0.25, -0.2) is 5.48 Å². The molecule has 4 nitrogen and oxygen atoms in total. The zero-order chi connectivity index (χ0) is 8.91. The van der Waals surface area contributed by atoms with E-state index in [1.807, 2.05) is 0 Å². The number of hydrogen-bond acceptors (Lipinski definition) is 2. The quantitative estimate of drug-likeness (QED) is 0.346. The first-order chi connectivity index (χ1) is 4.95. The van der Waals surface area contributed by atoms with Gasteiger partial charge in [-0.3, -0.25) is 10.0 Å². The summed E-state index contributed by atoms with van der Waals surface area (Å²) in [6.45, 7) is 0.938. The molecule has 0 radical (unpaired) electrons. The summed E-state index contributed by atoms with van der Waals surface area (Å²) in [5.74, 6) is -0.307. The number of hydrogen-bond donors (Lipinski definition) is 2. The van der Waals surface area contributed by atoms with Gasteiger partial charge in [0.2, 0.25) is 5.91 Å². The molecule has 0 unspecified atom stereocenters. The lowest BCUT2D eigenvalue weighted by Gasteiger charge is -2.23. The summed E-state index contributed by atoms with van der Waals surface area (Å²) in [5, 5.41) is 8.16. The van der Waals surface area contributed by atoms with Gasteiger partial charge in [0.25, 0.3) is 0 Å². The molecule has 0 fully saturated rings. The molecule has 0 saturated carbocycles. The monoisotopic (exact) mass is 161 g/mol. The van der Waals surface area contributed by atoms with Crippen LogP contribution in [0.25, 0.3) is 0 Å². The van der Waals surface area contributed by atoms with Crippen molar-refractivity contribution < 1.29 is 14.5 Å². The summed E-state index contributed by atoms with van der Waals surface area (Å²) in [6.07, 6.45) is 1.20. The average Bonchev–Trinajstić information content (AvgIpc) is 1.85. The number of nitrogens with zero attached hydrogens (tertiary/aromatic N) is 1.